The number of hydrogen-bond donors (Lipinski definition) is 0. The van der Waals surface area contributed by atoms with E-state index >= 15 is 0 Å². The Kier molecular flexibility index (Phi) is 2.41. The van der Waals surface area contributed by atoms with E-state index in [1.807, 2.05) is 0 Å². The summed E-state index contributed by atoms with van der Waals surface area (Å²) in [6, 6.07) is 0. The van der Waals surface area contributed by atoms with Crippen LogP contribution in [-0.4, -0.2) is 0 Å². The van der Waals surface area contributed by atoms with E-state index in [0.29, 0.717) is 5.41 Å². The Labute approximate surface area is 70.7 Å². The molecule has 0 aromatic carbocycles. The van der Waals surface area contributed by atoms with Crippen LogP contribution < -0.4 is 0 Å². The van der Waals surface area contributed by atoms with Crippen molar-refractivity contribution in [3.8, 4) is 0 Å². The molecule has 1 aliphatic carbocycles. The predicted octanol–water partition coefficient (Wildman–Crippen LogP) is 3.63. The van der Waals surface area contributed by atoms with Gasteiger partial charge in [-0.2, -0.15) is 0 Å². The van der Waals surface area contributed by atoms with Crippen molar-refractivity contribution in [3.63, 3.8) is 0 Å². The van der Waals surface area contributed by atoms with Crippen LogP contribution in [0.5, 0.6) is 0 Å². The second kappa shape index (κ2) is 3.00. The Morgan fingerprint density at radius 2 is 2.09 bits per heavy atom. The van der Waals surface area contributed by atoms with Gasteiger partial charge in [0.15, 0.2) is 0 Å². The summed E-state index contributed by atoms with van der Waals surface area (Å²) in [4.78, 5) is 0. The summed E-state index contributed by atoms with van der Waals surface area (Å²) < 4.78 is 0. The molecule has 2 unspecified atom stereocenters. The molecule has 0 radical (unpaired) electrons. The highest BCUT2D eigenvalue weighted by Crippen LogP contribution is 2.43. The summed E-state index contributed by atoms with van der Waals surface area (Å²) in [7, 11) is 0. The minimum Gasteiger partial charge on any atom is -0.0882 e. The smallest absolute Gasteiger partial charge is 0.0205 e. The zero-order chi connectivity index (χ0) is 8.48. The molecule has 2 atom stereocenters. The van der Waals surface area contributed by atoms with E-state index in [1.54, 1.807) is 0 Å². The lowest BCUT2D eigenvalue weighted by molar-refractivity contribution is 0.135. The summed E-state index contributed by atoms with van der Waals surface area (Å²) in [5.74, 6) is 1.57. The first-order valence-corrected chi connectivity index (χ1v) is 4.74. The molecule has 0 spiro atoms. The minimum atomic E-state index is 0.550. The fraction of sp³-hybridized carbons (Fsp3) is 0.818. The Bertz CT molecular complexity index is 155. The van der Waals surface area contributed by atoms with Crippen LogP contribution in [0.1, 0.15) is 40.5 Å². The topological polar surface area (TPSA) is 0 Å². The van der Waals surface area contributed by atoms with Crippen LogP contribution in [0.2, 0.25) is 0 Å². The van der Waals surface area contributed by atoms with Crippen molar-refractivity contribution < 1.29 is 0 Å². The maximum atomic E-state index is 2.42. The summed E-state index contributed by atoms with van der Waals surface area (Å²) in [5.41, 5.74) is 0.550. The van der Waals surface area contributed by atoms with Gasteiger partial charge in [0.1, 0.15) is 0 Å². The zero-order valence-electron chi connectivity index (χ0n) is 8.22. The van der Waals surface area contributed by atoms with Crippen LogP contribution in [0, 0.1) is 17.3 Å². The quantitative estimate of drug-likeness (QED) is 0.503. The zero-order valence-corrected chi connectivity index (χ0v) is 8.22. The van der Waals surface area contributed by atoms with E-state index in [4.69, 9.17) is 0 Å². The largest absolute Gasteiger partial charge is 0.0882 e. The van der Waals surface area contributed by atoms with Gasteiger partial charge in [0, 0.05) is 0 Å². The summed E-state index contributed by atoms with van der Waals surface area (Å²) >= 11 is 0. The first-order valence-electron chi connectivity index (χ1n) is 4.74. The fourth-order valence-corrected chi connectivity index (χ4v) is 1.96. The van der Waals surface area contributed by atoms with E-state index < -0.39 is 0 Å². The Hall–Kier alpha value is -0.260. The van der Waals surface area contributed by atoms with Gasteiger partial charge >= 0.3 is 0 Å². The molecular formula is C11H20. The average molecular weight is 152 g/mol. The van der Waals surface area contributed by atoms with Crippen molar-refractivity contribution in [2.75, 3.05) is 0 Å². The molecule has 0 aromatic heterocycles. The molecule has 0 saturated carbocycles. The van der Waals surface area contributed by atoms with Crippen molar-refractivity contribution in [2.24, 2.45) is 17.3 Å². The van der Waals surface area contributed by atoms with Gasteiger partial charge in [0.25, 0.3) is 0 Å². The molecule has 0 bridgehead atoms. The van der Waals surface area contributed by atoms with Gasteiger partial charge in [-0.25, -0.2) is 0 Å². The molecular weight excluding hydrogens is 132 g/mol. The third-order valence-corrected chi connectivity index (χ3v) is 3.63. The lowest BCUT2D eigenvalue weighted by atomic mass is 9.65. The number of rotatable bonds is 1. The first kappa shape index (κ1) is 8.83. The van der Waals surface area contributed by atoms with Gasteiger partial charge in [-0.1, -0.05) is 39.8 Å². The van der Waals surface area contributed by atoms with Gasteiger partial charge in [0.05, 0.1) is 0 Å². The molecule has 11 heavy (non-hydrogen) atoms. The Balaban J connectivity index is 2.76. The molecule has 0 heterocycles. The van der Waals surface area contributed by atoms with Gasteiger partial charge in [-0.3, -0.25) is 0 Å². The average Bonchev–Trinajstić information content (AvgIpc) is 1.95. The van der Waals surface area contributed by atoms with Crippen LogP contribution in [0.4, 0.5) is 0 Å². The van der Waals surface area contributed by atoms with E-state index in [2.05, 4.69) is 39.8 Å². The first-order chi connectivity index (χ1) is 5.07. The molecule has 1 rings (SSSR count). The fourth-order valence-electron chi connectivity index (χ4n) is 1.96. The number of allylic oxidation sites excluding steroid dienone is 2. The van der Waals surface area contributed by atoms with Gasteiger partial charge in [-0.15, -0.1) is 0 Å². The lowest BCUT2D eigenvalue weighted by Gasteiger charge is -2.40. The van der Waals surface area contributed by atoms with Crippen LogP contribution in [-0.2, 0) is 0 Å². The maximum Gasteiger partial charge on any atom is -0.0205 e. The highest BCUT2D eigenvalue weighted by Gasteiger charge is 2.33. The van der Waals surface area contributed by atoms with Gasteiger partial charge < -0.3 is 0 Å². The minimum absolute atomic E-state index is 0.550. The van der Waals surface area contributed by atoms with E-state index in [0.717, 1.165) is 11.8 Å². The maximum absolute atomic E-state index is 2.42. The van der Waals surface area contributed by atoms with Gasteiger partial charge in [-0.05, 0) is 30.1 Å². The summed E-state index contributed by atoms with van der Waals surface area (Å²) in [5, 5.41) is 0. The number of hydrogen-bond acceptors (Lipinski definition) is 0. The third-order valence-electron chi connectivity index (χ3n) is 3.63. The molecule has 0 aromatic rings. The van der Waals surface area contributed by atoms with Crippen molar-refractivity contribution >= 4 is 0 Å². The normalized spacial score (nSPS) is 38.1. The van der Waals surface area contributed by atoms with Crippen LogP contribution in [0.15, 0.2) is 12.2 Å². The van der Waals surface area contributed by atoms with E-state index in [-0.39, 0.29) is 0 Å². The standard InChI is InChI=1S/C11H20/c1-9(2)11(4)8-6-5-7-10(11)3/h5,7,9-10H,6,8H2,1-4H3. The van der Waals surface area contributed by atoms with Crippen LogP contribution >= 0.6 is 0 Å². The molecule has 0 amide bonds. The van der Waals surface area contributed by atoms with E-state index in [9.17, 15) is 0 Å². The lowest BCUT2D eigenvalue weighted by Crippen LogP contribution is -2.31. The molecule has 0 aliphatic heterocycles. The molecule has 0 saturated heterocycles. The third kappa shape index (κ3) is 1.50. The molecule has 0 N–H and O–H groups in total. The molecule has 0 nitrogen and oxygen atoms in total. The van der Waals surface area contributed by atoms with Crippen LogP contribution in [0.25, 0.3) is 0 Å². The molecule has 1 aliphatic rings. The van der Waals surface area contributed by atoms with Crippen molar-refractivity contribution in [1.29, 1.82) is 0 Å². The molecule has 64 valence electrons. The summed E-state index contributed by atoms with van der Waals surface area (Å²) in [6.45, 7) is 9.45. The second-order valence-corrected chi connectivity index (χ2v) is 4.42. The molecule has 0 fully saturated rings. The Morgan fingerprint density at radius 3 is 2.45 bits per heavy atom. The van der Waals surface area contributed by atoms with Crippen molar-refractivity contribution in [1.82, 2.24) is 0 Å². The monoisotopic (exact) mass is 152 g/mol. The highest BCUT2D eigenvalue weighted by molar-refractivity contribution is 5.01. The Morgan fingerprint density at radius 1 is 1.45 bits per heavy atom. The van der Waals surface area contributed by atoms with Crippen molar-refractivity contribution in [2.45, 2.75) is 40.5 Å². The van der Waals surface area contributed by atoms with Crippen LogP contribution in [0.3, 0.4) is 0 Å². The second-order valence-electron chi connectivity index (χ2n) is 4.42. The van der Waals surface area contributed by atoms with Crippen molar-refractivity contribution in [3.05, 3.63) is 12.2 Å². The summed E-state index contributed by atoms with van der Waals surface area (Å²) in [6.07, 6.45) is 7.35. The van der Waals surface area contributed by atoms with Gasteiger partial charge in [0.2, 0.25) is 0 Å². The molecule has 0 heteroatoms. The highest BCUT2D eigenvalue weighted by atomic mass is 14.4. The predicted molar refractivity (Wildman–Crippen MR) is 50.5 cm³/mol. The van der Waals surface area contributed by atoms with E-state index in [1.165, 1.54) is 12.8 Å². The SMILES string of the molecule is CC(C)C1(C)CCC=CC1C.